The molecule has 11 nitrogen and oxygen atoms in total. The lowest BCUT2D eigenvalue weighted by atomic mass is 10.1. The smallest absolute Gasteiger partial charge is 0.258 e. The number of likely N-dealkylation sites (tertiary alicyclic amines) is 1. The lowest BCUT2D eigenvalue weighted by Crippen LogP contribution is -2.45. The zero-order valence-corrected chi connectivity index (χ0v) is 24.1. The van der Waals surface area contributed by atoms with Crippen LogP contribution in [0.5, 0.6) is 17.2 Å². The first-order chi connectivity index (χ1) is 20.3. The summed E-state index contributed by atoms with van der Waals surface area (Å²) >= 11 is 0. The van der Waals surface area contributed by atoms with Gasteiger partial charge in [-0.1, -0.05) is 23.4 Å². The topological polar surface area (TPSA) is 132 Å². The normalized spacial score (nSPS) is 19.4. The Morgan fingerprint density at radius 1 is 1.05 bits per heavy atom. The van der Waals surface area contributed by atoms with Crippen LogP contribution in [0.3, 0.4) is 0 Å². The molecule has 1 aromatic heterocycles. The van der Waals surface area contributed by atoms with E-state index < -0.39 is 6.10 Å². The highest BCUT2D eigenvalue weighted by molar-refractivity contribution is 5.79. The third-order valence-corrected chi connectivity index (χ3v) is 7.66. The third-order valence-electron chi connectivity index (χ3n) is 7.66. The molecule has 6 heterocycles. The fourth-order valence-corrected chi connectivity index (χ4v) is 5.26. The highest BCUT2D eigenvalue weighted by Crippen LogP contribution is 2.29. The fourth-order valence-electron chi connectivity index (χ4n) is 5.26. The molecule has 0 aliphatic carbocycles. The third kappa shape index (κ3) is 7.02. The van der Waals surface area contributed by atoms with Crippen molar-refractivity contribution in [3.05, 3.63) is 70.6 Å². The first kappa shape index (κ1) is 29.0. The molecule has 0 unspecified atom stereocenters. The number of benzene rings is 2. The van der Waals surface area contributed by atoms with Gasteiger partial charge in [-0.15, -0.1) is 0 Å². The first-order valence-corrected chi connectivity index (χ1v) is 14.1. The lowest BCUT2D eigenvalue weighted by molar-refractivity contribution is -0.130. The van der Waals surface area contributed by atoms with Gasteiger partial charge in [-0.25, -0.2) is 0 Å². The molecule has 3 aromatic rings. The minimum atomic E-state index is -0.426. The number of carbonyl (C=O) groups is 3. The summed E-state index contributed by atoms with van der Waals surface area (Å²) in [6.07, 6.45) is 1.12. The van der Waals surface area contributed by atoms with E-state index in [-0.39, 0.29) is 36.8 Å². The van der Waals surface area contributed by atoms with Crippen LogP contribution in [0.4, 0.5) is 0 Å². The number of carbonyl (C=O) groups excluding carboxylic acids is 3. The number of amides is 3. The second-order valence-corrected chi connectivity index (χ2v) is 10.6. The number of aromatic nitrogens is 1. The molecule has 8 rings (SSSR count). The number of rotatable bonds is 4. The van der Waals surface area contributed by atoms with E-state index in [1.165, 1.54) is 7.11 Å². The van der Waals surface area contributed by atoms with Crippen LogP contribution in [-0.2, 0) is 33.8 Å². The van der Waals surface area contributed by atoms with Gasteiger partial charge in [-0.2, -0.15) is 0 Å². The van der Waals surface area contributed by atoms with Crippen LogP contribution in [0.15, 0.2) is 47.0 Å². The molecule has 2 atom stereocenters. The molecule has 5 aliphatic rings. The van der Waals surface area contributed by atoms with Crippen molar-refractivity contribution in [1.29, 1.82) is 0 Å². The average Bonchev–Trinajstić information content (AvgIpc) is 3.54. The van der Waals surface area contributed by atoms with E-state index in [4.69, 9.17) is 18.7 Å². The summed E-state index contributed by atoms with van der Waals surface area (Å²) in [5, 5.41) is 9.93. The SMILES string of the molecule is COc1cc2ccc1OCC(=O)NCc1ccc(cc1)O[C@H]1CN(C(=O)CCc3c(C)noc3C)C[C@@H]1NC(=O)CC2. The molecule has 222 valence electrons. The number of hydrogen-bond acceptors (Lipinski definition) is 8. The maximum Gasteiger partial charge on any atom is 0.258 e. The summed E-state index contributed by atoms with van der Waals surface area (Å²) < 4.78 is 22.7. The number of ether oxygens (including phenoxy) is 3. The average molecular weight is 577 g/mol. The van der Waals surface area contributed by atoms with E-state index in [1.54, 1.807) is 17.0 Å². The van der Waals surface area contributed by atoms with E-state index in [0.717, 1.165) is 28.1 Å². The molecule has 4 bridgehead atoms. The van der Waals surface area contributed by atoms with Crippen molar-refractivity contribution in [2.75, 3.05) is 26.8 Å². The largest absolute Gasteiger partial charge is 0.493 e. The molecule has 11 heteroatoms. The van der Waals surface area contributed by atoms with Crippen LogP contribution < -0.4 is 24.8 Å². The van der Waals surface area contributed by atoms with Gasteiger partial charge in [0.2, 0.25) is 11.8 Å². The summed E-state index contributed by atoms with van der Waals surface area (Å²) in [7, 11) is 1.53. The van der Waals surface area contributed by atoms with E-state index in [9.17, 15) is 14.4 Å². The lowest BCUT2D eigenvalue weighted by Gasteiger charge is -2.21. The summed E-state index contributed by atoms with van der Waals surface area (Å²) in [4.78, 5) is 40.4. The Hall–Kier alpha value is -4.54. The highest BCUT2D eigenvalue weighted by atomic mass is 16.5. The Morgan fingerprint density at radius 2 is 1.83 bits per heavy atom. The maximum atomic E-state index is 13.2. The van der Waals surface area contributed by atoms with Gasteiger partial charge in [0.25, 0.3) is 5.91 Å². The molecule has 0 saturated carbocycles. The number of hydrogen-bond donors (Lipinski definition) is 2. The van der Waals surface area contributed by atoms with Crippen LogP contribution in [0.2, 0.25) is 0 Å². The number of aryl methyl sites for hydroxylation is 3. The van der Waals surface area contributed by atoms with Crippen LogP contribution in [0.25, 0.3) is 0 Å². The molecule has 2 N–H and O–H groups in total. The molecule has 1 fully saturated rings. The summed E-state index contributed by atoms with van der Waals surface area (Å²) in [6.45, 7) is 4.58. The van der Waals surface area contributed by atoms with Gasteiger partial charge >= 0.3 is 0 Å². The van der Waals surface area contributed by atoms with E-state index in [1.807, 2.05) is 44.2 Å². The Balaban J connectivity index is 1.32. The summed E-state index contributed by atoms with van der Waals surface area (Å²) in [5.74, 6) is 1.85. The molecule has 2 aromatic carbocycles. The van der Waals surface area contributed by atoms with Crippen molar-refractivity contribution in [2.24, 2.45) is 0 Å². The first-order valence-electron chi connectivity index (χ1n) is 14.1. The van der Waals surface area contributed by atoms with Gasteiger partial charge in [-0.3, -0.25) is 14.4 Å². The van der Waals surface area contributed by atoms with Gasteiger partial charge in [0.15, 0.2) is 18.1 Å². The van der Waals surface area contributed by atoms with Crippen molar-refractivity contribution in [2.45, 2.75) is 58.2 Å². The van der Waals surface area contributed by atoms with E-state index >= 15 is 0 Å². The Bertz CT molecular complexity index is 1420. The fraction of sp³-hybridized carbons (Fsp3) is 0.419. The molecule has 3 amide bonds. The quantitative estimate of drug-likeness (QED) is 0.485. The molecular weight excluding hydrogens is 540 g/mol. The van der Waals surface area contributed by atoms with Gasteiger partial charge in [0, 0.05) is 31.5 Å². The second kappa shape index (κ2) is 13.0. The number of nitrogens with one attached hydrogen (secondary N) is 2. The molecule has 42 heavy (non-hydrogen) atoms. The molecular formula is C31H36N4O7. The van der Waals surface area contributed by atoms with Crippen molar-refractivity contribution >= 4 is 17.7 Å². The predicted octanol–water partition coefficient (Wildman–Crippen LogP) is 2.65. The number of methoxy groups -OCH3 is 1. The second-order valence-electron chi connectivity index (χ2n) is 10.6. The van der Waals surface area contributed by atoms with Crippen molar-refractivity contribution in [3.63, 3.8) is 0 Å². The van der Waals surface area contributed by atoms with Gasteiger partial charge in [-0.05, 0) is 62.1 Å². The molecule has 0 radical (unpaired) electrons. The Labute approximate surface area is 244 Å². The molecule has 0 spiro atoms. The molecule has 1 saturated heterocycles. The zero-order valence-electron chi connectivity index (χ0n) is 24.1. The summed E-state index contributed by atoms with van der Waals surface area (Å²) in [5.41, 5.74) is 3.52. The van der Waals surface area contributed by atoms with Gasteiger partial charge < -0.3 is 34.3 Å². The maximum absolute atomic E-state index is 13.2. The highest BCUT2D eigenvalue weighted by Gasteiger charge is 2.37. The van der Waals surface area contributed by atoms with Crippen LogP contribution in [0, 0.1) is 13.8 Å². The Kier molecular flexibility index (Phi) is 8.94. The van der Waals surface area contributed by atoms with Crippen molar-refractivity contribution < 1.29 is 33.1 Å². The van der Waals surface area contributed by atoms with Crippen LogP contribution in [-0.4, -0.2) is 66.7 Å². The molecule has 5 aliphatic heterocycles. The van der Waals surface area contributed by atoms with Gasteiger partial charge in [0.1, 0.15) is 17.6 Å². The van der Waals surface area contributed by atoms with Crippen molar-refractivity contribution in [1.82, 2.24) is 20.7 Å². The van der Waals surface area contributed by atoms with E-state index in [0.29, 0.717) is 56.1 Å². The minimum Gasteiger partial charge on any atom is -0.493 e. The summed E-state index contributed by atoms with van der Waals surface area (Å²) in [6, 6.07) is 12.4. The monoisotopic (exact) mass is 576 g/mol. The predicted molar refractivity (Wildman–Crippen MR) is 152 cm³/mol. The van der Waals surface area contributed by atoms with E-state index in [2.05, 4.69) is 15.8 Å². The standard InChI is InChI=1S/C31H36N4O7/c1-19-24(20(2)42-34-19)10-13-31(38)35-16-25-28(17-35)41-23-8-4-22(5-9-23)15-32-30(37)18-40-26-11-6-21(14-27(26)39-3)7-12-29(36)33-25/h4-6,8-9,11,14,25,28H,7,10,12-13,15-18H2,1-3H3,(H,32,37)(H,33,36)/t25-,28-/m0/s1. The Morgan fingerprint density at radius 3 is 2.57 bits per heavy atom. The van der Waals surface area contributed by atoms with Crippen LogP contribution >= 0.6 is 0 Å². The van der Waals surface area contributed by atoms with Gasteiger partial charge in [0.05, 0.1) is 25.4 Å². The van der Waals surface area contributed by atoms with Crippen molar-refractivity contribution in [3.8, 4) is 17.2 Å². The van der Waals surface area contributed by atoms with Crippen LogP contribution in [0.1, 0.15) is 41.0 Å². The number of nitrogens with zero attached hydrogens (tertiary/aromatic N) is 2. The zero-order chi connectivity index (χ0) is 29.6. The minimum absolute atomic E-state index is 0.0219.